The topological polar surface area (TPSA) is 111 Å². The molecule has 25 heavy (non-hydrogen) atoms. The Morgan fingerprint density at radius 1 is 1.16 bits per heavy atom. The van der Waals surface area contributed by atoms with Crippen molar-refractivity contribution in [3.8, 4) is 5.75 Å². The normalized spacial score (nSPS) is 11.3. The van der Waals surface area contributed by atoms with Crippen LogP contribution in [0.4, 0.5) is 5.69 Å². The Morgan fingerprint density at radius 3 is 2.44 bits per heavy atom. The third-order valence-corrected chi connectivity index (χ3v) is 3.45. The maximum Gasteiger partial charge on any atom is 0.279 e. The summed E-state index contributed by atoms with van der Waals surface area (Å²) in [5.41, 5.74) is 4.14. The Morgan fingerprint density at radius 2 is 1.84 bits per heavy atom. The molecular weight excluding hydrogens is 350 g/mol. The molecule has 9 heteroatoms. The van der Waals surface area contributed by atoms with Gasteiger partial charge in [0.05, 0.1) is 15.5 Å². The minimum atomic E-state index is -0.852. The van der Waals surface area contributed by atoms with Crippen molar-refractivity contribution in [2.45, 2.75) is 13.0 Å². The molecule has 0 aliphatic heterocycles. The van der Waals surface area contributed by atoms with Gasteiger partial charge in [-0.1, -0.05) is 29.8 Å². The lowest BCUT2D eigenvalue weighted by Crippen LogP contribution is -2.47. The summed E-state index contributed by atoms with van der Waals surface area (Å²) in [7, 11) is 0. The number of rotatable bonds is 5. The van der Waals surface area contributed by atoms with E-state index in [1.54, 1.807) is 24.3 Å². The number of nitro groups is 1. The van der Waals surface area contributed by atoms with Gasteiger partial charge in [0.1, 0.15) is 5.75 Å². The van der Waals surface area contributed by atoms with Crippen LogP contribution >= 0.6 is 11.6 Å². The van der Waals surface area contributed by atoms with E-state index in [0.717, 1.165) is 12.1 Å². The number of amides is 2. The molecule has 0 aromatic heterocycles. The Bertz CT molecular complexity index is 798. The van der Waals surface area contributed by atoms with Crippen molar-refractivity contribution in [2.75, 3.05) is 0 Å². The molecule has 2 aromatic carbocycles. The second kappa shape index (κ2) is 8.11. The van der Waals surface area contributed by atoms with Gasteiger partial charge in [0.25, 0.3) is 17.5 Å². The molecule has 2 amide bonds. The number of ether oxygens (including phenoxy) is 1. The molecule has 0 aliphatic carbocycles. The standard InChI is InChI=1S/C16H14ClN3O5/c1-10(25-12-5-3-2-4-6-12)15(21)18-19-16(22)13-8-7-11(20(23)24)9-14(13)17/h2-10H,1H3,(H,18,21)(H,19,22)/t10-/m0/s1. The van der Waals surface area contributed by atoms with Crippen LogP contribution in [0.25, 0.3) is 0 Å². The number of hydrogen-bond donors (Lipinski definition) is 2. The summed E-state index contributed by atoms with van der Waals surface area (Å²) in [4.78, 5) is 34.0. The molecule has 2 N–H and O–H groups in total. The number of nitro benzene ring substituents is 1. The molecular formula is C16H14ClN3O5. The van der Waals surface area contributed by atoms with Gasteiger partial charge in [-0.25, -0.2) is 0 Å². The van der Waals surface area contributed by atoms with Crippen molar-refractivity contribution in [3.63, 3.8) is 0 Å². The van der Waals surface area contributed by atoms with Crippen molar-refractivity contribution < 1.29 is 19.2 Å². The minimum absolute atomic E-state index is 0.0100. The second-order valence-electron chi connectivity index (χ2n) is 4.94. The van der Waals surface area contributed by atoms with Crippen LogP contribution in [0.15, 0.2) is 48.5 Å². The first kappa shape index (κ1) is 18.2. The molecule has 0 aliphatic rings. The molecule has 0 radical (unpaired) electrons. The number of nitrogens with one attached hydrogen (secondary N) is 2. The van der Waals surface area contributed by atoms with Crippen LogP contribution in [-0.4, -0.2) is 22.8 Å². The number of hydrazine groups is 1. The maximum atomic E-state index is 12.0. The van der Waals surface area contributed by atoms with Crippen LogP contribution in [0, 0.1) is 10.1 Å². The van der Waals surface area contributed by atoms with Crippen molar-refractivity contribution in [1.82, 2.24) is 10.9 Å². The van der Waals surface area contributed by atoms with Gasteiger partial charge in [0, 0.05) is 12.1 Å². The van der Waals surface area contributed by atoms with Gasteiger partial charge in [0.15, 0.2) is 6.10 Å². The zero-order chi connectivity index (χ0) is 18.4. The monoisotopic (exact) mass is 363 g/mol. The van der Waals surface area contributed by atoms with Gasteiger partial charge in [-0.3, -0.25) is 30.6 Å². The van der Waals surface area contributed by atoms with Gasteiger partial charge in [-0.15, -0.1) is 0 Å². The zero-order valence-electron chi connectivity index (χ0n) is 13.1. The number of halogens is 1. The van der Waals surface area contributed by atoms with E-state index in [1.165, 1.54) is 13.0 Å². The molecule has 0 saturated heterocycles. The molecule has 0 spiro atoms. The summed E-state index contributed by atoms with van der Waals surface area (Å²) in [6.45, 7) is 1.52. The maximum absolute atomic E-state index is 12.0. The van der Waals surface area contributed by atoms with Crippen LogP contribution in [-0.2, 0) is 4.79 Å². The van der Waals surface area contributed by atoms with E-state index in [2.05, 4.69) is 10.9 Å². The molecule has 1 atom stereocenters. The number of nitrogens with zero attached hydrogens (tertiary/aromatic N) is 1. The number of non-ortho nitro benzene ring substituents is 1. The van der Waals surface area contributed by atoms with E-state index in [-0.39, 0.29) is 16.3 Å². The number of para-hydroxylation sites is 1. The molecule has 2 rings (SSSR count). The quantitative estimate of drug-likeness (QED) is 0.626. The van der Waals surface area contributed by atoms with Crippen LogP contribution in [0.1, 0.15) is 17.3 Å². The van der Waals surface area contributed by atoms with E-state index in [4.69, 9.17) is 16.3 Å². The highest BCUT2D eigenvalue weighted by molar-refractivity contribution is 6.34. The smallest absolute Gasteiger partial charge is 0.279 e. The van der Waals surface area contributed by atoms with E-state index >= 15 is 0 Å². The Kier molecular flexibility index (Phi) is 5.91. The van der Waals surface area contributed by atoms with Gasteiger partial charge >= 0.3 is 0 Å². The fourth-order valence-electron chi connectivity index (χ4n) is 1.85. The Hall–Kier alpha value is -3.13. The van der Waals surface area contributed by atoms with Crippen molar-refractivity contribution in [2.24, 2.45) is 0 Å². The molecule has 0 fully saturated rings. The van der Waals surface area contributed by atoms with Gasteiger partial charge in [-0.05, 0) is 25.1 Å². The summed E-state index contributed by atoms with van der Waals surface area (Å²) in [6.07, 6.45) is -0.852. The van der Waals surface area contributed by atoms with Gasteiger partial charge in [0.2, 0.25) is 0 Å². The minimum Gasteiger partial charge on any atom is -0.481 e. The van der Waals surface area contributed by atoms with E-state index in [0.29, 0.717) is 5.75 Å². The number of hydrogen-bond acceptors (Lipinski definition) is 5. The first-order valence-electron chi connectivity index (χ1n) is 7.14. The van der Waals surface area contributed by atoms with Crippen LogP contribution < -0.4 is 15.6 Å². The lowest BCUT2D eigenvalue weighted by molar-refractivity contribution is -0.384. The predicted octanol–water partition coefficient (Wildman–Crippen LogP) is 2.48. The van der Waals surface area contributed by atoms with E-state index < -0.39 is 22.8 Å². The van der Waals surface area contributed by atoms with Crippen LogP contribution in [0.2, 0.25) is 5.02 Å². The average molecular weight is 364 g/mol. The number of benzene rings is 2. The Balaban J connectivity index is 1.93. The molecule has 130 valence electrons. The summed E-state index contributed by atoms with van der Waals surface area (Å²) in [5.74, 6) is -0.773. The third kappa shape index (κ3) is 4.92. The van der Waals surface area contributed by atoms with E-state index in [1.807, 2.05) is 6.07 Å². The number of carbonyl (C=O) groups is 2. The molecule has 8 nitrogen and oxygen atoms in total. The van der Waals surface area contributed by atoms with Crippen molar-refractivity contribution in [1.29, 1.82) is 0 Å². The lowest BCUT2D eigenvalue weighted by atomic mass is 10.2. The number of carbonyl (C=O) groups excluding carboxylic acids is 2. The second-order valence-corrected chi connectivity index (χ2v) is 5.34. The summed E-state index contributed by atoms with van der Waals surface area (Å²) >= 11 is 5.85. The highest BCUT2D eigenvalue weighted by Crippen LogP contribution is 2.22. The van der Waals surface area contributed by atoms with Crippen LogP contribution in [0.5, 0.6) is 5.75 Å². The third-order valence-electron chi connectivity index (χ3n) is 3.13. The zero-order valence-corrected chi connectivity index (χ0v) is 13.8. The highest BCUT2D eigenvalue weighted by atomic mass is 35.5. The molecule has 0 saturated carbocycles. The Labute approximate surface area is 147 Å². The van der Waals surface area contributed by atoms with Crippen molar-refractivity contribution in [3.05, 3.63) is 69.2 Å². The first-order chi connectivity index (χ1) is 11.9. The fourth-order valence-corrected chi connectivity index (χ4v) is 2.11. The van der Waals surface area contributed by atoms with Crippen LogP contribution in [0.3, 0.4) is 0 Å². The van der Waals surface area contributed by atoms with E-state index in [9.17, 15) is 19.7 Å². The summed E-state index contributed by atoms with van der Waals surface area (Å²) in [5, 5.41) is 10.5. The van der Waals surface area contributed by atoms with Crippen molar-refractivity contribution >= 4 is 29.1 Å². The SMILES string of the molecule is C[C@H](Oc1ccccc1)C(=O)NNC(=O)c1ccc([N+](=O)[O-])cc1Cl. The average Bonchev–Trinajstić information content (AvgIpc) is 2.60. The van der Waals surface area contributed by atoms with Gasteiger partial charge < -0.3 is 4.74 Å². The predicted molar refractivity (Wildman–Crippen MR) is 90.2 cm³/mol. The molecule has 0 bridgehead atoms. The highest BCUT2D eigenvalue weighted by Gasteiger charge is 2.18. The summed E-state index contributed by atoms with van der Waals surface area (Å²) in [6, 6.07) is 12.1. The molecule has 2 aromatic rings. The molecule has 0 heterocycles. The fraction of sp³-hybridized carbons (Fsp3) is 0.125. The first-order valence-corrected chi connectivity index (χ1v) is 7.52. The molecule has 0 unspecified atom stereocenters. The lowest BCUT2D eigenvalue weighted by Gasteiger charge is -2.15. The largest absolute Gasteiger partial charge is 0.481 e. The van der Waals surface area contributed by atoms with Gasteiger partial charge in [-0.2, -0.15) is 0 Å². The summed E-state index contributed by atoms with van der Waals surface area (Å²) < 4.78 is 5.42.